The molecule has 0 bridgehead atoms. The Balaban J connectivity index is 1.67. The lowest BCUT2D eigenvalue weighted by Gasteiger charge is -2.05. The zero-order valence-electron chi connectivity index (χ0n) is 14.2. The number of rotatable bonds is 1. The van der Waals surface area contributed by atoms with E-state index in [-0.39, 0.29) is 0 Å². The maximum Gasteiger partial charge on any atom is 0.144 e. The molecule has 6 aromatic rings. The van der Waals surface area contributed by atoms with Gasteiger partial charge in [0.1, 0.15) is 11.2 Å². The lowest BCUT2D eigenvalue weighted by atomic mass is 10.0. The normalized spacial score (nSPS) is 11.9. The smallest absolute Gasteiger partial charge is 0.144 e. The Morgan fingerprint density at radius 3 is 2.41 bits per heavy atom. The number of thiophene rings is 1. The van der Waals surface area contributed by atoms with E-state index in [4.69, 9.17) is 4.42 Å². The van der Waals surface area contributed by atoms with Crippen molar-refractivity contribution in [2.24, 2.45) is 0 Å². The summed E-state index contributed by atoms with van der Waals surface area (Å²) in [6.07, 6.45) is 0. The summed E-state index contributed by atoms with van der Waals surface area (Å²) in [7, 11) is 0. The quantitative estimate of drug-likeness (QED) is 0.256. The molecule has 27 heavy (non-hydrogen) atoms. The minimum Gasteiger partial charge on any atom is -0.455 e. The fourth-order valence-corrected chi connectivity index (χ4v) is 5.58. The second kappa shape index (κ2) is 5.69. The maximum absolute atomic E-state index is 6.26. The third-order valence-corrected chi connectivity index (χ3v) is 6.96. The Hall–Kier alpha value is -2.62. The Morgan fingerprint density at radius 1 is 0.704 bits per heavy atom. The van der Waals surface area contributed by atoms with Crippen LogP contribution >= 0.6 is 27.3 Å². The second-order valence-electron chi connectivity index (χ2n) is 6.71. The summed E-state index contributed by atoms with van der Waals surface area (Å²) in [5.74, 6) is 0. The molecule has 0 aliphatic heterocycles. The molecule has 2 aromatic heterocycles. The standard InChI is InChI=1S/C24H13BrOS/c25-19-12-11-15(24-23(19)18-6-1-3-7-20(18)26-24)14-9-10-17-16-5-2-4-8-21(16)27-22(17)13-14/h1-13H. The Labute approximate surface area is 168 Å². The number of halogens is 1. The van der Waals surface area contributed by atoms with Gasteiger partial charge in [-0.2, -0.15) is 0 Å². The van der Waals surface area contributed by atoms with Gasteiger partial charge >= 0.3 is 0 Å². The SMILES string of the molecule is Brc1ccc(-c2ccc3c(c2)sc2ccccc23)c2oc3ccccc3c12. The monoisotopic (exact) mass is 428 g/mol. The summed E-state index contributed by atoms with van der Waals surface area (Å²) < 4.78 is 9.96. The topological polar surface area (TPSA) is 13.1 Å². The first-order chi connectivity index (χ1) is 13.3. The number of hydrogen-bond acceptors (Lipinski definition) is 2. The van der Waals surface area contributed by atoms with Crippen LogP contribution in [0.1, 0.15) is 0 Å². The largest absolute Gasteiger partial charge is 0.455 e. The highest BCUT2D eigenvalue weighted by molar-refractivity contribution is 9.10. The van der Waals surface area contributed by atoms with Crippen LogP contribution < -0.4 is 0 Å². The predicted octanol–water partition coefficient (Wildman–Crippen LogP) is 8.38. The van der Waals surface area contributed by atoms with E-state index in [1.54, 1.807) is 0 Å². The Kier molecular flexibility index (Phi) is 3.25. The van der Waals surface area contributed by atoms with Crippen LogP contribution in [0.3, 0.4) is 0 Å². The van der Waals surface area contributed by atoms with Crippen molar-refractivity contribution in [1.82, 2.24) is 0 Å². The van der Waals surface area contributed by atoms with Crippen molar-refractivity contribution in [2.75, 3.05) is 0 Å². The lowest BCUT2D eigenvalue weighted by Crippen LogP contribution is -1.80. The van der Waals surface area contributed by atoms with Gasteiger partial charge in [-0.1, -0.05) is 64.5 Å². The van der Waals surface area contributed by atoms with Crippen LogP contribution in [0, 0.1) is 0 Å². The molecular weight excluding hydrogens is 416 g/mol. The van der Waals surface area contributed by atoms with Crippen molar-refractivity contribution in [1.29, 1.82) is 0 Å². The molecule has 0 aliphatic rings. The van der Waals surface area contributed by atoms with E-state index in [9.17, 15) is 0 Å². The number of hydrogen-bond donors (Lipinski definition) is 0. The van der Waals surface area contributed by atoms with Crippen LogP contribution in [0.4, 0.5) is 0 Å². The second-order valence-corrected chi connectivity index (χ2v) is 8.64. The molecule has 4 aromatic carbocycles. The third kappa shape index (κ3) is 2.22. The molecule has 0 saturated heterocycles. The predicted molar refractivity (Wildman–Crippen MR) is 120 cm³/mol. The van der Waals surface area contributed by atoms with E-state index in [1.165, 1.54) is 25.7 Å². The van der Waals surface area contributed by atoms with Crippen molar-refractivity contribution < 1.29 is 4.42 Å². The van der Waals surface area contributed by atoms with E-state index in [1.807, 2.05) is 23.5 Å². The molecule has 0 N–H and O–H groups in total. The number of furan rings is 1. The van der Waals surface area contributed by atoms with Gasteiger partial charge in [-0.3, -0.25) is 0 Å². The average Bonchev–Trinajstić information content (AvgIpc) is 3.26. The van der Waals surface area contributed by atoms with E-state index in [2.05, 4.69) is 82.7 Å². The van der Waals surface area contributed by atoms with E-state index in [0.717, 1.165) is 32.0 Å². The molecule has 0 amide bonds. The van der Waals surface area contributed by atoms with E-state index >= 15 is 0 Å². The van der Waals surface area contributed by atoms with Gasteiger partial charge < -0.3 is 4.42 Å². The summed E-state index contributed by atoms with van der Waals surface area (Å²) in [5, 5.41) is 4.93. The van der Waals surface area contributed by atoms with Crippen molar-refractivity contribution >= 4 is 69.4 Å². The molecule has 0 spiro atoms. The fourth-order valence-electron chi connectivity index (χ4n) is 3.91. The molecule has 6 rings (SSSR count). The first-order valence-corrected chi connectivity index (χ1v) is 10.4. The molecule has 0 unspecified atom stereocenters. The van der Waals surface area contributed by atoms with E-state index < -0.39 is 0 Å². The minimum atomic E-state index is 0.920. The molecule has 2 heterocycles. The van der Waals surface area contributed by atoms with Gasteiger partial charge in [0.25, 0.3) is 0 Å². The number of para-hydroxylation sites is 1. The summed E-state index contributed by atoms with van der Waals surface area (Å²) in [6, 6.07) is 27.8. The Morgan fingerprint density at radius 2 is 1.48 bits per heavy atom. The van der Waals surface area contributed by atoms with Crippen LogP contribution in [-0.2, 0) is 0 Å². The van der Waals surface area contributed by atoms with Crippen LogP contribution in [-0.4, -0.2) is 0 Å². The van der Waals surface area contributed by atoms with Crippen molar-refractivity contribution in [3.05, 3.63) is 83.3 Å². The van der Waals surface area contributed by atoms with Crippen molar-refractivity contribution in [2.45, 2.75) is 0 Å². The third-order valence-electron chi connectivity index (χ3n) is 5.17. The molecule has 3 heteroatoms. The summed E-state index contributed by atoms with van der Waals surface area (Å²) in [6.45, 7) is 0. The average molecular weight is 429 g/mol. The zero-order valence-corrected chi connectivity index (χ0v) is 16.6. The van der Waals surface area contributed by atoms with Crippen molar-refractivity contribution in [3.63, 3.8) is 0 Å². The molecule has 128 valence electrons. The highest BCUT2D eigenvalue weighted by atomic mass is 79.9. The zero-order chi connectivity index (χ0) is 18.0. The van der Waals surface area contributed by atoms with Gasteiger partial charge in [-0.25, -0.2) is 0 Å². The molecule has 1 nitrogen and oxygen atoms in total. The molecule has 0 fully saturated rings. The highest BCUT2D eigenvalue weighted by Gasteiger charge is 2.15. The molecule has 0 aliphatic carbocycles. The summed E-state index contributed by atoms with van der Waals surface area (Å²) in [4.78, 5) is 0. The minimum absolute atomic E-state index is 0.920. The van der Waals surface area contributed by atoms with Crippen molar-refractivity contribution in [3.8, 4) is 11.1 Å². The van der Waals surface area contributed by atoms with Gasteiger partial charge in [0, 0.05) is 41.0 Å². The Bertz CT molecular complexity index is 1490. The number of fused-ring (bicyclic) bond motifs is 6. The molecule has 0 atom stereocenters. The first-order valence-electron chi connectivity index (χ1n) is 8.81. The van der Waals surface area contributed by atoms with Gasteiger partial charge in [0.2, 0.25) is 0 Å². The summed E-state index contributed by atoms with van der Waals surface area (Å²) >= 11 is 5.55. The van der Waals surface area contributed by atoms with Gasteiger partial charge in [-0.15, -0.1) is 11.3 Å². The fraction of sp³-hybridized carbons (Fsp3) is 0. The summed E-state index contributed by atoms with van der Waals surface area (Å²) in [5.41, 5.74) is 4.17. The van der Waals surface area contributed by atoms with Crippen LogP contribution in [0.5, 0.6) is 0 Å². The first kappa shape index (κ1) is 15.4. The molecule has 0 radical (unpaired) electrons. The maximum atomic E-state index is 6.26. The van der Waals surface area contributed by atoms with E-state index in [0.29, 0.717) is 0 Å². The van der Waals surface area contributed by atoms with Gasteiger partial charge in [0.15, 0.2) is 0 Å². The van der Waals surface area contributed by atoms with Gasteiger partial charge in [-0.05, 0) is 35.9 Å². The van der Waals surface area contributed by atoms with Crippen LogP contribution in [0.15, 0.2) is 87.8 Å². The molecular formula is C24H13BrOS. The molecule has 0 saturated carbocycles. The van der Waals surface area contributed by atoms with Crippen LogP contribution in [0.2, 0.25) is 0 Å². The lowest BCUT2D eigenvalue weighted by molar-refractivity contribution is 0.670. The van der Waals surface area contributed by atoms with Gasteiger partial charge in [0.05, 0.1) is 0 Å². The number of benzene rings is 4. The highest BCUT2D eigenvalue weighted by Crippen LogP contribution is 2.42. The van der Waals surface area contributed by atoms with Crippen LogP contribution in [0.25, 0.3) is 53.2 Å².